The highest BCUT2D eigenvalue weighted by atomic mass is 32.2. The van der Waals surface area contributed by atoms with Crippen LogP contribution < -0.4 is 11.4 Å². The van der Waals surface area contributed by atoms with Gasteiger partial charge in [-0.2, -0.15) is 0 Å². The number of nitrogens with zero attached hydrogens (tertiary/aromatic N) is 2. The SMILES string of the molecule is Cn1c(SC(CCN)C(=O)O)n[nH]c1=O. The lowest BCUT2D eigenvalue weighted by atomic mass is 10.3. The van der Waals surface area contributed by atoms with E-state index in [0.717, 1.165) is 11.8 Å². The molecule has 1 unspecified atom stereocenters. The number of carboxylic acid groups (broad SMARTS) is 1. The second-order valence-electron chi connectivity index (χ2n) is 2.89. The Labute approximate surface area is 89.7 Å². The van der Waals surface area contributed by atoms with E-state index in [9.17, 15) is 9.59 Å². The second-order valence-corrected chi connectivity index (χ2v) is 4.06. The molecule has 15 heavy (non-hydrogen) atoms. The van der Waals surface area contributed by atoms with E-state index in [4.69, 9.17) is 10.8 Å². The molecule has 0 fully saturated rings. The van der Waals surface area contributed by atoms with Gasteiger partial charge in [-0.3, -0.25) is 9.36 Å². The number of rotatable bonds is 5. The Morgan fingerprint density at radius 3 is 2.87 bits per heavy atom. The molecule has 0 spiro atoms. The Balaban J connectivity index is 2.78. The standard InChI is InChI=1S/C7H12N4O3S/c1-11-6(14)9-10-7(11)15-4(2-3-8)5(12)13/h4H,2-3,8H2,1H3,(H,9,14)(H,12,13). The lowest BCUT2D eigenvalue weighted by Gasteiger charge is -2.08. The van der Waals surface area contributed by atoms with Gasteiger partial charge in [0, 0.05) is 7.05 Å². The topological polar surface area (TPSA) is 114 Å². The average molecular weight is 232 g/mol. The number of aromatic amines is 1. The fraction of sp³-hybridized carbons (Fsp3) is 0.571. The first-order chi connectivity index (χ1) is 7.06. The Bertz CT molecular complexity index is 399. The van der Waals surface area contributed by atoms with Gasteiger partial charge in [0.25, 0.3) is 0 Å². The molecular weight excluding hydrogens is 220 g/mol. The van der Waals surface area contributed by atoms with Gasteiger partial charge >= 0.3 is 11.7 Å². The van der Waals surface area contributed by atoms with E-state index in [1.807, 2.05) is 0 Å². The molecule has 0 amide bonds. The highest BCUT2D eigenvalue weighted by Crippen LogP contribution is 2.21. The van der Waals surface area contributed by atoms with Crippen molar-refractivity contribution in [1.29, 1.82) is 0 Å². The number of thioether (sulfide) groups is 1. The maximum absolute atomic E-state index is 11.0. The van der Waals surface area contributed by atoms with Gasteiger partial charge in [-0.1, -0.05) is 11.8 Å². The number of H-pyrrole nitrogens is 1. The van der Waals surface area contributed by atoms with Crippen LogP contribution in [0.25, 0.3) is 0 Å². The molecule has 4 N–H and O–H groups in total. The summed E-state index contributed by atoms with van der Waals surface area (Å²) in [7, 11) is 1.52. The van der Waals surface area contributed by atoms with Crippen LogP contribution in [0.1, 0.15) is 6.42 Å². The van der Waals surface area contributed by atoms with Gasteiger partial charge < -0.3 is 10.8 Å². The first kappa shape index (κ1) is 11.8. The second kappa shape index (κ2) is 4.99. The summed E-state index contributed by atoms with van der Waals surface area (Å²) < 4.78 is 1.26. The number of carbonyl (C=O) groups is 1. The molecule has 1 atom stereocenters. The molecule has 1 rings (SSSR count). The zero-order valence-corrected chi connectivity index (χ0v) is 8.95. The number of carboxylic acids is 1. The zero-order valence-electron chi connectivity index (χ0n) is 8.14. The monoisotopic (exact) mass is 232 g/mol. The van der Waals surface area contributed by atoms with Crippen LogP contribution in [0.3, 0.4) is 0 Å². The van der Waals surface area contributed by atoms with Crippen LogP contribution in [-0.2, 0) is 11.8 Å². The summed E-state index contributed by atoms with van der Waals surface area (Å²) >= 11 is 1.01. The van der Waals surface area contributed by atoms with E-state index in [0.29, 0.717) is 11.6 Å². The van der Waals surface area contributed by atoms with Crippen LogP contribution in [0.4, 0.5) is 0 Å². The Kier molecular flexibility index (Phi) is 3.92. The predicted octanol–water partition coefficient (Wildman–Crippen LogP) is -0.997. The van der Waals surface area contributed by atoms with Gasteiger partial charge in [-0.25, -0.2) is 9.89 Å². The maximum Gasteiger partial charge on any atom is 0.343 e. The van der Waals surface area contributed by atoms with Crippen molar-refractivity contribution in [3.8, 4) is 0 Å². The molecule has 7 nitrogen and oxygen atoms in total. The number of nitrogens with one attached hydrogen (secondary N) is 1. The van der Waals surface area contributed by atoms with E-state index in [-0.39, 0.29) is 12.2 Å². The van der Waals surface area contributed by atoms with Crippen molar-refractivity contribution in [1.82, 2.24) is 14.8 Å². The number of nitrogens with two attached hydrogens (primary N) is 1. The molecule has 8 heteroatoms. The van der Waals surface area contributed by atoms with Crippen molar-refractivity contribution in [2.45, 2.75) is 16.8 Å². The van der Waals surface area contributed by atoms with Gasteiger partial charge in [0.1, 0.15) is 5.25 Å². The third-order valence-electron chi connectivity index (χ3n) is 1.79. The molecule has 0 radical (unpaired) electrons. The molecule has 0 aliphatic heterocycles. The molecule has 0 aliphatic rings. The molecule has 84 valence electrons. The first-order valence-electron chi connectivity index (χ1n) is 4.27. The Morgan fingerprint density at radius 2 is 2.47 bits per heavy atom. The highest BCUT2D eigenvalue weighted by Gasteiger charge is 2.20. The van der Waals surface area contributed by atoms with Crippen molar-refractivity contribution < 1.29 is 9.90 Å². The molecular formula is C7H12N4O3S. The predicted molar refractivity (Wildman–Crippen MR) is 54.8 cm³/mol. The van der Waals surface area contributed by atoms with Crippen LogP contribution in [0.5, 0.6) is 0 Å². The van der Waals surface area contributed by atoms with Crippen LogP contribution >= 0.6 is 11.8 Å². The summed E-state index contributed by atoms with van der Waals surface area (Å²) in [6.07, 6.45) is 0.334. The first-order valence-corrected chi connectivity index (χ1v) is 5.15. The van der Waals surface area contributed by atoms with E-state index >= 15 is 0 Å². The van der Waals surface area contributed by atoms with Crippen LogP contribution in [0.2, 0.25) is 0 Å². The minimum Gasteiger partial charge on any atom is -0.480 e. The Morgan fingerprint density at radius 1 is 1.80 bits per heavy atom. The van der Waals surface area contributed by atoms with E-state index < -0.39 is 11.2 Å². The minimum absolute atomic E-state index is 0.280. The molecule has 0 saturated carbocycles. The Hall–Kier alpha value is -1.28. The van der Waals surface area contributed by atoms with Crippen molar-refractivity contribution in [3.05, 3.63) is 10.5 Å². The smallest absolute Gasteiger partial charge is 0.343 e. The fourth-order valence-electron chi connectivity index (χ4n) is 0.949. The molecule has 1 heterocycles. The summed E-state index contributed by atoms with van der Waals surface area (Å²) in [5.41, 5.74) is 4.92. The van der Waals surface area contributed by atoms with Crippen molar-refractivity contribution in [2.75, 3.05) is 6.54 Å². The van der Waals surface area contributed by atoms with Gasteiger partial charge in [-0.05, 0) is 13.0 Å². The van der Waals surface area contributed by atoms with Gasteiger partial charge in [0.05, 0.1) is 0 Å². The largest absolute Gasteiger partial charge is 0.480 e. The molecule has 1 aromatic rings. The minimum atomic E-state index is -0.958. The van der Waals surface area contributed by atoms with Gasteiger partial charge in [0.15, 0.2) is 5.16 Å². The third kappa shape index (κ3) is 2.83. The number of aromatic nitrogens is 3. The van der Waals surface area contributed by atoms with Crippen molar-refractivity contribution >= 4 is 17.7 Å². The number of hydrogen-bond acceptors (Lipinski definition) is 5. The van der Waals surface area contributed by atoms with E-state index in [1.165, 1.54) is 11.6 Å². The van der Waals surface area contributed by atoms with Crippen LogP contribution in [0.15, 0.2) is 9.95 Å². The molecule has 0 saturated heterocycles. The van der Waals surface area contributed by atoms with Crippen LogP contribution in [-0.4, -0.2) is 37.6 Å². The summed E-state index contributed by atoms with van der Waals surface area (Å²) in [6, 6.07) is 0. The van der Waals surface area contributed by atoms with Crippen molar-refractivity contribution in [2.24, 2.45) is 12.8 Å². The summed E-state index contributed by atoms with van der Waals surface area (Å²) in [5.74, 6) is -0.958. The quantitative estimate of drug-likeness (QED) is 0.561. The van der Waals surface area contributed by atoms with Gasteiger partial charge in [-0.15, -0.1) is 5.10 Å². The van der Waals surface area contributed by atoms with Crippen molar-refractivity contribution in [3.63, 3.8) is 0 Å². The van der Waals surface area contributed by atoms with E-state index in [1.54, 1.807) is 0 Å². The average Bonchev–Trinajstić information content (AvgIpc) is 2.48. The summed E-state index contributed by atoms with van der Waals surface area (Å²) in [5, 5.41) is 14.5. The maximum atomic E-state index is 11.0. The third-order valence-corrected chi connectivity index (χ3v) is 3.09. The summed E-state index contributed by atoms with van der Waals surface area (Å²) in [6.45, 7) is 0.280. The van der Waals surface area contributed by atoms with Crippen LogP contribution in [0, 0.1) is 0 Å². The number of aliphatic carboxylic acids is 1. The van der Waals surface area contributed by atoms with E-state index in [2.05, 4.69) is 10.2 Å². The normalized spacial score (nSPS) is 12.7. The number of hydrogen-bond donors (Lipinski definition) is 3. The zero-order chi connectivity index (χ0) is 11.4. The lowest BCUT2D eigenvalue weighted by Crippen LogP contribution is -2.21. The molecule has 0 bridgehead atoms. The molecule has 0 aliphatic carbocycles. The fourth-order valence-corrected chi connectivity index (χ4v) is 1.90. The van der Waals surface area contributed by atoms with Gasteiger partial charge in [0.2, 0.25) is 0 Å². The lowest BCUT2D eigenvalue weighted by molar-refractivity contribution is -0.136. The summed E-state index contributed by atoms with van der Waals surface area (Å²) in [4.78, 5) is 21.8. The molecule has 1 aromatic heterocycles. The molecule has 0 aromatic carbocycles. The highest BCUT2D eigenvalue weighted by molar-refractivity contribution is 8.00.